The molecule has 0 aliphatic rings. The summed E-state index contributed by atoms with van der Waals surface area (Å²) < 4.78 is 111. The zero-order valence-corrected chi connectivity index (χ0v) is 36.6. The molecule has 0 fully saturated rings. The number of ether oxygens (including phenoxy) is 4. The van der Waals surface area contributed by atoms with Gasteiger partial charge in [0.1, 0.15) is 57.5 Å². The van der Waals surface area contributed by atoms with Crippen molar-refractivity contribution < 1.29 is 126 Å². The molecule has 0 bridgehead atoms. The first kappa shape index (κ1) is 45.6. The van der Waals surface area contributed by atoms with E-state index in [4.69, 9.17) is 27.8 Å². The van der Waals surface area contributed by atoms with Gasteiger partial charge in [0, 0.05) is 41.6 Å². The fourth-order valence-electron chi connectivity index (χ4n) is 5.51. The van der Waals surface area contributed by atoms with Crippen molar-refractivity contribution in [2.24, 2.45) is 0 Å². The summed E-state index contributed by atoms with van der Waals surface area (Å²) in [4.78, 5) is 26.1. The fraction of sp³-hybridized carbons (Fsp3) is 0.189. The predicted octanol–water partition coefficient (Wildman–Crippen LogP) is -0.196. The van der Waals surface area contributed by atoms with Crippen LogP contribution in [0.15, 0.2) is 98.6 Å². The van der Waals surface area contributed by atoms with E-state index in [2.05, 4.69) is 8.37 Å². The first-order valence-electron chi connectivity index (χ1n) is 16.4. The van der Waals surface area contributed by atoms with Crippen molar-refractivity contribution >= 4 is 48.7 Å². The Morgan fingerprint density at radius 1 is 0.719 bits per heavy atom. The number of carbonyl (C=O) groups is 1. The number of aryl methyl sites for hydroxylation is 1. The van der Waals surface area contributed by atoms with Crippen LogP contribution in [-0.2, 0) is 32.1 Å². The molecule has 6 rings (SSSR count). The first-order valence-corrected chi connectivity index (χ1v) is 19.0. The number of esters is 1. The van der Waals surface area contributed by atoms with E-state index in [1.54, 1.807) is 26.0 Å². The minimum Gasteiger partial charge on any atom is -0.716 e. The Kier molecular flexibility index (Phi) is 15.7. The van der Waals surface area contributed by atoms with Crippen LogP contribution >= 0.6 is 0 Å². The van der Waals surface area contributed by atoms with Crippen molar-refractivity contribution in [2.75, 3.05) is 19.8 Å². The molecular weight excluding hydrogens is 811 g/mol. The molecule has 0 aliphatic carbocycles. The maximum Gasteiger partial charge on any atom is 1.00 e. The Bertz CT molecular complexity index is 2640. The van der Waals surface area contributed by atoms with Gasteiger partial charge in [0.2, 0.25) is 0 Å². The van der Waals surface area contributed by atoms with Crippen LogP contribution in [0.25, 0.3) is 33.3 Å². The number of hydrogen-bond acceptors (Lipinski definition) is 16. The van der Waals surface area contributed by atoms with Crippen LogP contribution in [0.5, 0.6) is 28.7 Å². The third-order valence-corrected chi connectivity index (χ3v) is 8.55. The minimum atomic E-state index is -5.25. The minimum absolute atomic E-state index is 0. The third-order valence-electron chi connectivity index (χ3n) is 7.75. The molecule has 0 amide bonds. The summed E-state index contributed by atoms with van der Waals surface area (Å²) in [5.74, 6) is -0.572. The van der Waals surface area contributed by atoms with Crippen molar-refractivity contribution in [2.45, 2.75) is 26.9 Å². The molecule has 288 valence electrons. The van der Waals surface area contributed by atoms with Gasteiger partial charge in [-0.1, -0.05) is 30.3 Å². The van der Waals surface area contributed by atoms with Gasteiger partial charge in [0.25, 0.3) is 20.8 Å². The van der Waals surface area contributed by atoms with Crippen molar-refractivity contribution in [3.63, 3.8) is 0 Å². The van der Waals surface area contributed by atoms with Gasteiger partial charge in [-0.3, -0.25) is 4.79 Å². The number of hydrogen-bond donors (Lipinski definition) is 0. The van der Waals surface area contributed by atoms with Crippen molar-refractivity contribution in [1.29, 1.82) is 0 Å². The van der Waals surface area contributed by atoms with Crippen molar-refractivity contribution in [3.05, 3.63) is 112 Å². The molecule has 16 nitrogen and oxygen atoms in total. The number of benzene rings is 4. The predicted molar refractivity (Wildman–Crippen MR) is 192 cm³/mol. The van der Waals surface area contributed by atoms with Gasteiger partial charge in [-0.05, 0) is 49.7 Å². The Balaban J connectivity index is 0.00000360. The Labute approximate surface area is 370 Å². The molecule has 0 aliphatic heterocycles. The molecule has 0 unspecified atom stereocenters. The molecule has 0 saturated carbocycles. The van der Waals surface area contributed by atoms with E-state index in [-0.39, 0.29) is 131 Å². The van der Waals surface area contributed by atoms with Gasteiger partial charge in [0.05, 0.1) is 19.8 Å². The summed E-state index contributed by atoms with van der Waals surface area (Å²) >= 11 is 0. The summed E-state index contributed by atoms with van der Waals surface area (Å²) in [5.41, 5.74) is 0.946. The van der Waals surface area contributed by atoms with Crippen LogP contribution in [-0.4, -0.2) is 51.7 Å². The summed E-state index contributed by atoms with van der Waals surface area (Å²) in [6.07, 6.45) is 0.203. The average Bonchev–Trinajstić information content (AvgIpc) is 3.43. The van der Waals surface area contributed by atoms with E-state index in [0.29, 0.717) is 28.2 Å². The number of rotatable bonds is 16. The normalized spacial score (nSPS) is 11.3. The molecule has 6 aromatic rings. The van der Waals surface area contributed by atoms with Crippen LogP contribution in [0.2, 0.25) is 0 Å². The third kappa shape index (κ3) is 12.0. The maximum absolute atomic E-state index is 13.4. The van der Waals surface area contributed by atoms with Gasteiger partial charge in [-0.15, -0.1) is 0 Å². The van der Waals surface area contributed by atoms with Gasteiger partial charge in [-0.2, -0.15) is 0 Å². The van der Waals surface area contributed by atoms with E-state index in [0.717, 1.165) is 35.9 Å². The molecule has 2 heterocycles. The van der Waals surface area contributed by atoms with E-state index < -0.39 is 37.9 Å². The van der Waals surface area contributed by atoms with E-state index in [9.17, 15) is 35.5 Å². The maximum atomic E-state index is 13.4. The smallest absolute Gasteiger partial charge is 0.716 e. The second-order valence-corrected chi connectivity index (χ2v) is 13.6. The largest absolute Gasteiger partial charge is 1.00 e. The molecule has 0 N–H and O–H groups in total. The molecule has 0 atom stereocenters. The van der Waals surface area contributed by atoms with Gasteiger partial charge >= 0.3 is 65.1 Å². The van der Waals surface area contributed by atoms with Crippen LogP contribution < -0.4 is 87.1 Å². The fourth-order valence-corrected chi connectivity index (χ4v) is 6.19. The Morgan fingerprint density at radius 2 is 1.35 bits per heavy atom. The number of furan rings is 1. The zero-order chi connectivity index (χ0) is 39.3. The SMILES string of the molecule is CCOC(=O)c1c(C)oc2cc(OCc3ccccc3)c(OCCCOc3cc(OS(=O)(=O)[O-])cc4oc(-c5ccc(OS(=O)(=O)[O-])cc5)cc(=O)c34)cc12.[Na+].[Na+]. The molecule has 4 aromatic carbocycles. The summed E-state index contributed by atoms with van der Waals surface area (Å²) in [5, 5.41) is 0.346. The van der Waals surface area contributed by atoms with Crippen LogP contribution in [0.4, 0.5) is 0 Å². The molecule has 0 saturated heterocycles. The van der Waals surface area contributed by atoms with E-state index in [1.165, 1.54) is 12.1 Å². The monoisotopic (exact) mass is 840 g/mol. The summed E-state index contributed by atoms with van der Waals surface area (Å²) in [7, 11) is -10.3. The molecule has 57 heavy (non-hydrogen) atoms. The quantitative estimate of drug-likeness (QED) is 0.0404. The average molecular weight is 841 g/mol. The van der Waals surface area contributed by atoms with Crippen LogP contribution in [0.3, 0.4) is 0 Å². The van der Waals surface area contributed by atoms with E-state index in [1.807, 2.05) is 30.3 Å². The Morgan fingerprint density at radius 3 is 2.00 bits per heavy atom. The van der Waals surface area contributed by atoms with Gasteiger partial charge in [0.15, 0.2) is 16.9 Å². The summed E-state index contributed by atoms with van der Waals surface area (Å²) in [6, 6.07) is 20.8. The van der Waals surface area contributed by atoms with Crippen LogP contribution in [0, 0.1) is 6.92 Å². The molecule has 0 radical (unpaired) electrons. The van der Waals surface area contributed by atoms with Gasteiger partial charge in [-0.25, -0.2) is 21.6 Å². The molecular formula is C37H30Na2O16S2. The van der Waals surface area contributed by atoms with Gasteiger partial charge < -0.3 is 45.3 Å². The second-order valence-electron chi connectivity index (χ2n) is 11.7. The van der Waals surface area contributed by atoms with E-state index >= 15 is 0 Å². The molecule has 20 heteroatoms. The van der Waals surface area contributed by atoms with Crippen LogP contribution in [0.1, 0.15) is 35.0 Å². The topological polar surface area (TPSA) is 230 Å². The van der Waals surface area contributed by atoms with Crippen molar-refractivity contribution in [3.8, 4) is 40.1 Å². The Hall–Kier alpha value is -4.08. The first-order chi connectivity index (χ1) is 26.2. The zero-order valence-electron chi connectivity index (χ0n) is 31.0. The van der Waals surface area contributed by atoms with Crippen molar-refractivity contribution in [1.82, 2.24) is 0 Å². The number of carbonyl (C=O) groups excluding carboxylic acids is 1. The summed E-state index contributed by atoms with van der Waals surface area (Å²) in [6.45, 7) is 3.65. The number of fused-ring (bicyclic) bond motifs is 2. The second kappa shape index (κ2) is 19.6. The molecule has 2 aromatic heterocycles. The standard InChI is InChI=1S/C37H32O16S2.2Na/c1-3-46-37(39)35-22(2)50-30-20-32(49-21-23-8-5-4-6-9-23)31(18-27(30)35)47-14-7-15-48-33-16-26(53-55(43,44)45)17-34-36(33)28(38)19-29(51-34)24-10-12-25(13-11-24)52-54(40,41)42;;/h4-6,8-13,16-20H,3,7,14-15,21H2,1-2H3,(H,40,41,42)(H,43,44,45);;/q;2*+1/p-2. The molecule has 0 spiro atoms.